The van der Waals surface area contributed by atoms with Crippen LogP contribution in [0, 0.1) is 18.6 Å². The van der Waals surface area contributed by atoms with E-state index in [4.69, 9.17) is 9.47 Å². The normalized spacial score (nSPS) is 12.3. The summed E-state index contributed by atoms with van der Waals surface area (Å²) in [4.78, 5) is 2.10. The van der Waals surface area contributed by atoms with E-state index in [2.05, 4.69) is 16.9 Å². The summed E-state index contributed by atoms with van der Waals surface area (Å²) in [6.45, 7) is 6.01. The van der Waals surface area contributed by atoms with Gasteiger partial charge < -0.3 is 14.6 Å². The van der Waals surface area contributed by atoms with Gasteiger partial charge in [0.05, 0.1) is 29.7 Å². The number of methoxy groups -OCH3 is 1. The van der Waals surface area contributed by atoms with Crippen LogP contribution in [0.25, 0.3) is 5.69 Å². The van der Waals surface area contributed by atoms with Gasteiger partial charge in [-0.1, -0.05) is 25.8 Å². The molecule has 3 aromatic rings. The van der Waals surface area contributed by atoms with Crippen molar-refractivity contribution in [1.82, 2.24) is 14.7 Å². The maximum absolute atomic E-state index is 13.8. The smallest absolute Gasteiger partial charge is 0.227 e. The van der Waals surface area contributed by atoms with Crippen LogP contribution in [0.3, 0.4) is 0 Å². The second kappa shape index (κ2) is 12.6. The molecule has 184 valence electrons. The maximum Gasteiger partial charge on any atom is 0.227 e. The summed E-state index contributed by atoms with van der Waals surface area (Å²) in [5.74, 6) is -0.0206. The van der Waals surface area contributed by atoms with Gasteiger partial charge >= 0.3 is 0 Å². The molecule has 1 N–H and O–H groups in total. The number of ether oxygens (including phenoxy) is 2. The molecule has 6 nitrogen and oxygen atoms in total. The zero-order valence-corrected chi connectivity index (χ0v) is 20.0. The average Bonchev–Trinajstić information content (AvgIpc) is 3.11. The average molecular weight is 474 g/mol. The number of nitrogens with zero attached hydrogens (tertiary/aromatic N) is 3. The molecule has 0 saturated carbocycles. The second-order valence-corrected chi connectivity index (χ2v) is 8.34. The molecule has 0 aliphatic heterocycles. The summed E-state index contributed by atoms with van der Waals surface area (Å²) in [5, 5.41) is 15.2. The third-order valence-electron chi connectivity index (χ3n) is 5.57. The Labute approximate surface area is 199 Å². The highest BCUT2D eigenvalue weighted by molar-refractivity contribution is 5.43. The Morgan fingerprint density at radius 2 is 1.88 bits per heavy atom. The summed E-state index contributed by atoms with van der Waals surface area (Å²) >= 11 is 0. The first-order valence-electron chi connectivity index (χ1n) is 11.6. The van der Waals surface area contributed by atoms with E-state index >= 15 is 0 Å². The van der Waals surface area contributed by atoms with E-state index in [-0.39, 0.29) is 5.82 Å². The summed E-state index contributed by atoms with van der Waals surface area (Å²) in [7, 11) is 1.64. The van der Waals surface area contributed by atoms with Crippen LogP contribution in [0.1, 0.15) is 37.4 Å². The van der Waals surface area contributed by atoms with Gasteiger partial charge in [0.15, 0.2) is 0 Å². The van der Waals surface area contributed by atoms with Gasteiger partial charge in [0.25, 0.3) is 0 Å². The minimum absolute atomic E-state index is 0.330. The third-order valence-corrected chi connectivity index (χ3v) is 5.57. The number of unbranched alkanes of at least 4 members (excludes halogenated alkanes) is 1. The van der Waals surface area contributed by atoms with E-state index in [0.29, 0.717) is 43.6 Å². The number of hydrogen-bond donors (Lipinski definition) is 1. The van der Waals surface area contributed by atoms with Crippen molar-refractivity contribution >= 4 is 0 Å². The Kier molecular flexibility index (Phi) is 9.56. The molecule has 8 heteroatoms. The van der Waals surface area contributed by atoms with Gasteiger partial charge in [0.2, 0.25) is 5.88 Å². The van der Waals surface area contributed by atoms with Crippen molar-refractivity contribution in [1.29, 1.82) is 0 Å². The van der Waals surface area contributed by atoms with Crippen molar-refractivity contribution in [3.05, 3.63) is 71.4 Å². The highest BCUT2D eigenvalue weighted by Crippen LogP contribution is 2.32. The van der Waals surface area contributed by atoms with Crippen molar-refractivity contribution in [3.8, 4) is 17.3 Å². The first-order valence-corrected chi connectivity index (χ1v) is 11.6. The predicted molar refractivity (Wildman–Crippen MR) is 127 cm³/mol. The van der Waals surface area contributed by atoms with E-state index in [1.165, 1.54) is 24.3 Å². The standard InChI is InChI=1S/C26H33F2N3O3/c1-4-5-8-23(32)17-30(14-15-33-3)18-25-19(2)29-31(22-12-10-20(27)11-13-22)26(25)34-24-9-6-7-21(28)16-24/h6-7,9-13,16,23,32H,4-5,8,14-15,17-18H2,1-3H3. The Morgan fingerprint density at radius 1 is 1.12 bits per heavy atom. The van der Waals surface area contributed by atoms with Gasteiger partial charge in [0, 0.05) is 32.8 Å². The van der Waals surface area contributed by atoms with Gasteiger partial charge in [-0.2, -0.15) is 5.10 Å². The van der Waals surface area contributed by atoms with E-state index in [0.717, 1.165) is 30.5 Å². The van der Waals surface area contributed by atoms with Gasteiger partial charge in [-0.3, -0.25) is 4.90 Å². The molecule has 0 bridgehead atoms. The Morgan fingerprint density at radius 3 is 2.56 bits per heavy atom. The second-order valence-electron chi connectivity index (χ2n) is 8.34. The molecule has 0 spiro atoms. The van der Waals surface area contributed by atoms with E-state index in [9.17, 15) is 13.9 Å². The molecule has 0 amide bonds. The first-order chi connectivity index (χ1) is 16.4. The summed E-state index contributed by atoms with van der Waals surface area (Å²) < 4.78 is 40.4. The molecule has 0 saturated heterocycles. The van der Waals surface area contributed by atoms with Gasteiger partial charge in [0.1, 0.15) is 17.4 Å². The monoisotopic (exact) mass is 473 g/mol. The van der Waals surface area contributed by atoms with Crippen LogP contribution in [0.15, 0.2) is 48.5 Å². The molecule has 3 rings (SSSR count). The number of aryl methyl sites for hydroxylation is 1. The Balaban J connectivity index is 1.97. The number of aliphatic hydroxyl groups excluding tert-OH is 1. The van der Waals surface area contributed by atoms with Crippen LogP contribution < -0.4 is 4.74 Å². The summed E-state index contributed by atoms with van der Waals surface area (Å²) in [5.41, 5.74) is 2.14. The minimum Gasteiger partial charge on any atom is -0.438 e. The lowest BCUT2D eigenvalue weighted by Gasteiger charge is -2.25. The number of halogens is 2. The molecule has 0 aliphatic carbocycles. The number of hydrogen-bond acceptors (Lipinski definition) is 5. The minimum atomic E-state index is -0.461. The molecule has 0 radical (unpaired) electrons. The predicted octanol–water partition coefficient (Wildman–Crippen LogP) is 5.25. The molecule has 1 aromatic heterocycles. The van der Waals surface area contributed by atoms with Crippen LogP contribution in [0.2, 0.25) is 0 Å². The highest BCUT2D eigenvalue weighted by atomic mass is 19.1. The highest BCUT2D eigenvalue weighted by Gasteiger charge is 2.23. The van der Waals surface area contributed by atoms with E-state index < -0.39 is 11.9 Å². The molecule has 2 aromatic carbocycles. The van der Waals surface area contributed by atoms with Crippen LogP contribution in [-0.2, 0) is 11.3 Å². The van der Waals surface area contributed by atoms with Crippen molar-refractivity contribution in [2.24, 2.45) is 0 Å². The molecule has 1 unspecified atom stereocenters. The number of aromatic nitrogens is 2. The summed E-state index contributed by atoms with van der Waals surface area (Å²) in [6, 6.07) is 11.8. The Hall–Kier alpha value is -2.81. The topological polar surface area (TPSA) is 59.8 Å². The Bertz CT molecular complexity index is 1040. The van der Waals surface area contributed by atoms with Crippen LogP contribution in [0.4, 0.5) is 8.78 Å². The van der Waals surface area contributed by atoms with Gasteiger partial charge in [-0.25, -0.2) is 13.5 Å². The molecular formula is C26H33F2N3O3. The van der Waals surface area contributed by atoms with E-state index in [1.54, 1.807) is 36.1 Å². The molecular weight excluding hydrogens is 440 g/mol. The van der Waals surface area contributed by atoms with E-state index in [1.807, 2.05) is 6.92 Å². The molecule has 34 heavy (non-hydrogen) atoms. The quantitative estimate of drug-likeness (QED) is 0.367. The number of rotatable bonds is 13. The number of aliphatic hydroxyl groups is 1. The molecule has 1 heterocycles. The third kappa shape index (κ3) is 7.09. The van der Waals surface area contributed by atoms with Crippen molar-refractivity contribution in [2.75, 3.05) is 26.8 Å². The van der Waals surface area contributed by atoms with Crippen LogP contribution in [-0.4, -0.2) is 52.7 Å². The van der Waals surface area contributed by atoms with Crippen molar-refractivity contribution in [3.63, 3.8) is 0 Å². The number of benzene rings is 2. The van der Waals surface area contributed by atoms with Gasteiger partial charge in [-0.05, 0) is 49.7 Å². The fourth-order valence-corrected chi connectivity index (χ4v) is 3.73. The SMILES string of the molecule is CCCCC(O)CN(CCOC)Cc1c(C)nn(-c2ccc(F)cc2)c1Oc1cccc(F)c1. The molecule has 0 fully saturated rings. The fourth-order valence-electron chi connectivity index (χ4n) is 3.73. The van der Waals surface area contributed by atoms with Crippen LogP contribution in [0.5, 0.6) is 11.6 Å². The first kappa shape index (κ1) is 25.8. The van der Waals surface area contributed by atoms with Crippen LogP contribution >= 0.6 is 0 Å². The van der Waals surface area contributed by atoms with Gasteiger partial charge in [-0.15, -0.1) is 0 Å². The maximum atomic E-state index is 13.8. The van der Waals surface area contributed by atoms with Crippen molar-refractivity contribution < 1.29 is 23.4 Å². The lowest BCUT2D eigenvalue weighted by molar-refractivity contribution is 0.0786. The zero-order chi connectivity index (χ0) is 24.5. The zero-order valence-electron chi connectivity index (χ0n) is 20.0. The summed E-state index contributed by atoms with van der Waals surface area (Å²) in [6.07, 6.45) is 2.23. The molecule has 1 atom stereocenters. The molecule has 0 aliphatic rings. The lowest BCUT2D eigenvalue weighted by atomic mass is 10.1. The lowest BCUT2D eigenvalue weighted by Crippen LogP contribution is -2.34. The van der Waals surface area contributed by atoms with Crippen molar-refractivity contribution in [2.45, 2.75) is 45.8 Å². The fraction of sp³-hybridized carbons (Fsp3) is 0.423. The largest absolute Gasteiger partial charge is 0.438 e.